The number of ether oxygens (including phenoxy) is 3. The Morgan fingerprint density at radius 1 is 0.720 bits per heavy atom. The number of piperazine rings is 2. The first-order valence-electron chi connectivity index (χ1n) is 16.3. The first-order valence-corrected chi connectivity index (χ1v) is 16.3. The molecule has 0 unspecified atom stereocenters. The van der Waals surface area contributed by atoms with Gasteiger partial charge in [0.2, 0.25) is 17.7 Å². The topological polar surface area (TPSA) is 191 Å². The molecule has 4 rings (SSSR count). The molecule has 0 aliphatic carbocycles. The van der Waals surface area contributed by atoms with Crippen molar-refractivity contribution in [1.82, 2.24) is 34.7 Å². The van der Waals surface area contributed by atoms with Gasteiger partial charge in [0.1, 0.15) is 24.3 Å². The van der Waals surface area contributed by atoms with Crippen molar-refractivity contribution in [3.8, 4) is 0 Å². The number of carbonyl (C=O) groups excluding carboxylic acids is 6. The molecule has 50 heavy (non-hydrogen) atoms. The van der Waals surface area contributed by atoms with Crippen LogP contribution in [0.3, 0.4) is 0 Å². The van der Waals surface area contributed by atoms with Gasteiger partial charge in [-0.25, -0.2) is 9.59 Å². The number of hydrogen-bond donors (Lipinski definition) is 1. The Morgan fingerprint density at radius 2 is 1.14 bits per heavy atom. The summed E-state index contributed by atoms with van der Waals surface area (Å²) >= 11 is 0. The largest absolute Gasteiger partial charge is 0.469 e. The number of hydrogen-bond acceptors (Lipinski definition) is 11. The SMILES string of the molecule is CNC(=O)CCn1ccc(N2CCN(C(=O)OC(C)(C)C)CC2=O)n1.COC(=O)CCn1ccc(N2CCN(C(=O)OC(C)(C)C)CC2=O)n1. The Kier molecular flexibility index (Phi) is 13.3. The lowest BCUT2D eigenvalue weighted by Gasteiger charge is -2.34. The summed E-state index contributed by atoms with van der Waals surface area (Å²) in [4.78, 5) is 77.1. The average molecular weight is 704 g/mol. The van der Waals surface area contributed by atoms with Gasteiger partial charge in [0.25, 0.3) is 0 Å². The van der Waals surface area contributed by atoms with Crippen LogP contribution in [0.1, 0.15) is 54.4 Å². The smallest absolute Gasteiger partial charge is 0.410 e. The third-order valence-corrected chi connectivity index (χ3v) is 7.17. The van der Waals surface area contributed by atoms with E-state index in [4.69, 9.17) is 9.47 Å². The molecule has 18 nitrogen and oxygen atoms in total. The minimum absolute atomic E-state index is 0.0417. The average Bonchev–Trinajstić information content (AvgIpc) is 3.71. The third kappa shape index (κ3) is 12.1. The molecule has 276 valence electrons. The van der Waals surface area contributed by atoms with Crippen LogP contribution >= 0.6 is 0 Å². The maximum Gasteiger partial charge on any atom is 0.410 e. The third-order valence-electron chi connectivity index (χ3n) is 7.17. The van der Waals surface area contributed by atoms with E-state index in [0.29, 0.717) is 57.3 Å². The zero-order valence-corrected chi connectivity index (χ0v) is 30.1. The summed E-state index contributed by atoms with van der Waals surface area (Å²) in [7, 11) is 2.92. The fourth-order valence-electron chi connectivity index (χ4n) is 4.68. The zero-order chi connectivity index (χ0) is 37.2. The minimum Gasteiger partial charge on any atom is -0.469 e. The van der Waals surface area contributed by atoms with E-state index in [0.717, 1.165) is 0 Å². The lowest BCUT2D eigenvalue weighted by Crippen LogP contribution is -2.53. The highest BCUT2D eigenvalue weighted by Gasteiger charge is 2.33. The Balaban J connectivity index is 0.000000270. The summed E-state index contributed by atoms with van der Waals surface area (Å²) < 4.78 is 18.4. The molecule has 2 aliphatic rings. The van der Waals surface area contributed by atoms with Crippen molar-refractivity contribution in [1.29, 1.82) is 0 Å². The minimum atomic E-state index is -0.602. The van der Waals surface area contributed by atoms with Crippen molar-refractivity contribution < 1.29 is 43.0 Å². The first kappa shape index (κ1) is 39.3. The fraction of sp³-hybridized carbons (Fsp3) is 0.625. The first-order chi connectivity index (χ1) is 23.4. The summed E-state index contributed by atoms with van der Waals surface area (Å²) in [5, 5.41) is 11.2. The normalized spacial score (nSPS) is 15.3. The van der Waals surface area contributed by atoms with Crippen LogP contribution in [-0.2, 0) is 46.5 Å². The Hall–Kier alpha value is -5.16. The second-order valence-corrected chi connectivity index (χ2v) is 13.5. The molecule has 0 bridgehead atoms. The Bertz CT molecular complexity index is 1410. The number of rotatable bonds is 8. The lowest BCUT2D eigenvalue weighted by atomic mass is 10.2. The quantitative estimate of drug-likeness (QED) is 0.311. The standard InChI is InChI=1S/C16H25N5O4.C16H24N4O5/c1-16(2,3)25-15(24)19-9-10-21(14(23)11-19)12-5-7-20(18-12)8-6-13(22)17-4;1-16(2,3)25-15(23)18-9-10-20(13(21)11-18)12-5-7-19(17-12)8-6-14(22)24-4/h5,7H,6,8-11H2,1-4H3,(H,17,22);5,7H,6,8-11H2,1-4H3. The number of anilines is 2. The number of nitrogens with one attached hydrogen (secondary N) is 1. The number of esters is 1. The van der Waals surface area contributed by atoms with Crippen LogP contribution in [0.2, 0.25) is 0 Å². The van der Waals surface area contributed by atoms with Crippen molar-refractivity contribution in [2.24, 2.45) is 0 Å². The van der Waals surface area contributed by atoms with Gasteiger partial charge in [-0.2, -0.15) is 10.2 Å². The van der Waals surface area contributed by atoms with Crippen molar-refractivity contribution in [2.75, 3.05) is 63.2 Å². The van der Waals surface area contributed by atoms with Crippen LogP contribution < -0.4 is 15.1 Å². The maximum atomic E-state index is 12.4. The molecule has 0 aromatic carbocycles. The molecule has 2 aromatic rings. The van der Waals surface area contributed by atoms with Crippen LogP contribution in [-0.4, -0.2) is 130 Å². The summed E-state index contributed by atoms with van der Waals surface area (Å²) in [6.45, 7) is 12.9. The molecule has 5 amide bonds. The van der Waals surface area contributed by atoms with Crippen LogP contribution in [0, 0.1) is 0 Å². The second kappa shape index (κ2) is 17.0. The molecular formula is C32H49N9O9. The van der Waals surface area contributed by atoms with Crippen molar-refractivity contribution in [3.63, 3.8) is 0 Å². The van der Waals surface area contributed by atoms with Gasteiger partial charge in [0, 0.05) is 70.7 Å². The molecule has 2 fully saturated rings. The Morgan fingerprint density at radius 3 is 1.50 bits per heavy atom. The van der Waals surface area contributed by atoms with E-state index in [1.807, 2.05) is 0 Å². The van der Waals surface area contributed by atoms with Gasteiger partial charge in [-0.3, -0.25) is 48.1 Å². The number of aromatic nitrogens is 4. The maximum absolute atomic E-state index is 12.4. The summed E-state index contributed by atoms with van der Waals surface area (Å²) in [6.07, 6.45) is 2.97. The summed E-state index contributed by atoms with van der Waals surface area (Å²) in [5.41, 5.74) is -1.20. The molecule has 2 aromatic heterocycles. The number of nitrogens with zero attached hydrogens (tertiary/aromatic N) is 8. The van der Waals surface area contributed by atoms with Gasteiger partial charge in [-0.05, 0) is 41.5 Å². The van der Waals surface area contributed by atoms with Gasteiger partial charge in [-0.15, -0.1) is 0 Å². The fourth-order valence-corrected chi connectivity index (χ4v) is 4.68. The summed E-state index contributed by atoms with van der Waals surface area (Å²) in [6, 6.07) is 3.43. The van der Waals surface area contributed by atoms with Crippen LogP contribution in [0.4, 0.5) is 21.2 Å². The number of aryl methyl sites for hydroxylation is 2. The highest BCUT2D eigenvalue weighted by molar-refractivity contribution is 5.97. The van der Waals surface area contributed by atoms with E-state index < -0.39 is 23.4 Å². The highest BCUT2D eigenvalue weighted by atomic mass is 16.6. The van der Waals surface area contributed by atoms with E-state index in [1.165, 1.54) is 26.7 Å². The van der Waals surface area contributed by atoms with Crippen molar-refractivity contribution in [3.05, 3.63) is 24.5 Å². The van der Waals surface area contributed by atoms with Crippen LogP contribution in [0.25, 0.3) is 0 Å². The second-order valence-electron chi connectivity index (χ2n) is 13.5. The van der Waals surface area contributed by atoms with Gasteiger partial charge in [0.05, 0.1) is 20.1 Å². The van der Waals surface area contributed by atoms with E-state index in [9.17, 15) is 28.8 Å². The summed E-state index contributed by atoms with van der Waals surface area (Å²) in [5.74, 6) is 0.187. The number of carbonyl (C=O) groups is 6. The molecule has 4 heterocycles. The molecule has 0 spiro atoms. The van der Waals surface area contributed by atoms with Gasteiger partial charge in [-0.1, -0.05) is 0 Å². The van der Waals surface area contributed by atoms with Crippen molar-refractivity contribution in [2.45, 2.75) is 78.7 Å². The lowest BCUT2D eigenvalue weighted by molar-refractivity contribution is -0.141. The molecule has 0 saturated carbocycles. The van der Waals surface area contributed by atoms with Gasteiger partial charge >= 0.3 is 18.2 Å². The van der Waals surface area contributed by atoms with Gasteiger partial charge in [0.15, 0.2) is 11.6 Å². The molecule has 0 radical (unpaired) electrons. The predicted octanol–water partition coefficient (Wildman–Crippen LogP) is 1.63. The molecule has 1 N–H and O–H groups in total. The monoisotopic (exact) mass is 703 g/mol. The highest BCUT2D eigenvalue weighted by Crippen LogP contribution is 2.19. The molecule has 18 heteroatoms. The van der Waals surface area contributed by atoms with E-state index >= 15 is 0 Å². The van der Waals surface area contributed by atoms with E-state index in [-0.39, 0.29) is 43.2 Å². The van der Waals surface area contributed by atoms with Gasteiger partial charge < -0.3 is 19.5 Å². The molecule has 0 atom stereocenters. The van der Waals surface area contributed by atoms with Crippen molar-refractivity contribution >= 4 is 47.5 Å². The van der Waals surface area contributed by atoms with E-state index in [2.05, 4.69) is 20.3 Å². The predicted molar refractivity (Wildman–Crippen MR) is 180 cm³/mol. The van der Waals surface area contributed by atoms with Crippen LogP contribution in [0.5, 0.6) is 0 Å². The zero-order valence-electron chi connectivity index (χ0n) is 30.1. The molecule has 2 aliphatic heterocycles. The van der Waals surface area contributed by atoms with E-state index in [1.54, 1.807) is 82.5 Å². The molecule has 2 saturated heterocycles. The number of methoxy groups -OCH3 is 1. The van der Waals surface area contributed by atoms with Crippen LogP contribution in [0.15, 0.2) is 24.5 Å². The number of amides is 5. The Labute approximate surface area is 291 Å². The molecular weight excluding hydrogens is 654 g/mol.